The first-order valence-electron chi connectivity index (χ1n) is 11.2. The molecule has 0 aliphatic carbocycles. The third kappa shape index (κ3) is 6.67. The second kappa shape index (κ2) is 11.5. The van der Waals surface area contributed by atoms with E-state index in [1.807, 2.05) is 42.5 Å². The van der Waals surface area contributed by atoms with E-state index >= 15 is 0 Å². The monoisotopic (exact) mass is 483 g/mol. The number of anilines is 1. The summed E-state index contributed by atoms with van der Waals surface area (Å²) in [4.78, 5) is 25.4. The summed E-state index contributed by atoms with van der Waals surface area (Å²) in [5, 5.41) is 4.36. The Bertz CT molecular complexity index is 1030. The molecule has 0 atom stereocenters. The summed E-state index contributed by atoms with van der Waals surface area (Å²) in [7, 11) is 0. The lowest BCUT2D eigenvalue weighted by Gasteiger charge is -2.36. The van der Waals surface area contributed by atoms with Crippen molar-refractivity contribution < 1.29 is 4.79 Å². The fraction of sp³-hybridized carbons (Fsp3) is 0.320. The molecular formula is C25H27Cl2N5O. The minimum atomic E-state index is -0.0435. The smallest absolute Gasteiger partial charge is 0.251 e. The summed E-state index contributed by atoms with van der Waals surface area (Å²) in [6.07, 6.45) is 5.23. The molecule has 1 aliphatic rings. The third-order valence-corrected chi connectivity index (χ3v) is 6.23. The van der Waals surface area contributed by atoms with Gasteiger partial charge in [0.15, 0.2) is 0 Å². The predicted molar refractivity (Wildman–Crippen MR) is 134 cm³/mol. The van der Waals surface area contributed by atoms with E-state index in [-0.39, 0.29) is 5.91 Å². The Morgan fingerprint density at radius 1 is 0.939 bits per heavy atom. The van der Waals surface area contributed by atoms with E-state index in [1.165, 1.54) is 6.33 Å². The molecule has 0 bridgehead atoms. The molecule has 1 fully saturated rings. The maximum atomic E-state index is 12.4. The van der Waals surface area contributed by atoms with Gasteiger partial charge in [-0.05, 0) is 55.8 Å². The van der Waals surface area contributed by atoms with E-state index in [1.54, 1.807) is 12.3 Å². The van der Waals surface area contributed by atoms with E-state index in [9.17, 15) is 4.79 Å². The lowest BCUT2D eigenvalue weighted by molar-refractivity contribution is 0.0952. The van der Waals surface area contributed by atoms with E-state index in [0.717, 1.165) is 62.5 Å². The number of nitrogens with zero attached hydrogens (tertiary/aromatic N) is 4. The van der Waals surface area contributed by atoms with Crippen LogP contribution in [0.25, 0.3) is 11.3 Å². The SMILES string of the molecule is O=C(NCCCCN1CCN(c2cc(Cl)cc(Cl)c2)CC1)c1ccc(-c2ccncn2)cc1. The first-order chi connectivity index (χ1) is 16.1. The van der Waals surface area contributed by atoms with Gasteiger partial charge in [-0.3, -0.25) is 9.69 Å². The zero-order valence-corrected chi connectivity index (χ0v) is 19.9. The van der Waals surface area contributed by atoms with Gasteiger partial charge >= 0.3 is 0 Å². The van der Waals surface area contributed by atoms with Crippen molar-refractivity contribution in [3.8, 4) is 11.3 Å². The number of carbonyl (C=O) groups is 1. The van der Waals surface area contributed by atoms with Gasteiger partial charge in [0, 0.05) is 65.8 Å². The van der Waals surface area contributed by atoms with Crippen LogP contribution in [0.5, 0.6) is 0 Å². The Labute approximate surface area is 204 Å². The van der Waals surface area contributed by atoms with Crippen LogP contribution in [0.3, 0.4) is 0 Å². The van der Waals surface area contributed by atoms with Crippen molar-refractivity contribution in [2.45, 2.75) is 12.8 Å². The number of aromatic nitrogens is 2. The van der Waals surface area contributed by atoms with Crippen molar-refractivity contribution in [2.24, 2.45) is 0 Å². The Morgan fingerprint density at radius 2 is 1.67 bits per heavy atom. The Hall–Kier alpha value is -2.67. The van der Waals surface area contributed by atoms with Gasteiger partial charge in [-0.25, -0.2) is 9.97 Å². The highest BCUT2D eigenvalue weighted by Crippen LogP contribution is 2.26. The van der Waals surface area contributed by atoms with Gasteiger partial charge in [-0.2, -0.15) is 0 Å². The van der Waals surface area contributed by atoms with Crippen molar-refractivity contribution in [2.75, 3.05) is 44.2 Å². The molecule has 1 aliphatic heterocycles. The third-order valence-electron chi connectivity index (χ3n) is 5.80. The molecule has 3 aromatic rings. The highest BCUT2D eigenvalue weighted by molar-refractivity contribution is 6.35. The molecule has 1 saturated heterocycles. The highest BCUT2D eigenvalue weighted by atomic mass is 35.5. The number of benzene rings is 2. The predicted octanol–water partition coefficient (Wildman–Crippen LogP) is 4.78. The Morgan fingerprint density at radius 3 is 2.33 bits per heavy atom. The zero-order chi connectivity index (χ0) is 23.0. The molecule has 8 heteroatoms. The molecule has 0 unspecified atom stereocenters. The van der Waals surface area contributed by atoms with Gasteiger partial charge in [0.1, 0.15) is 6.33 Å². The number of nitrogens with one attached hydrogen (secondary N) is 1. The average Bonchev–Trinajstić information content (AvgIpc) is 2.84. The van der Waals surface area contributed by atoms with Crippen LogP contribution in [0.1, 0.15) is 23.2 Å². The van der Waals surface area contributed by atoms with Gasteiger partial charge in [0.25, 0.3) is 5.91 Å². The number of unbranched alkanes of at least 4 members (excludes halogenated alkanes) is 1. The molecule has 0 radical (unpaired) electrons. The molecule has 1 amide bonds. The first kappa shape index (κ1) is 23.5. The molecule has 2 heterocycles. The van der Waals surface area contributed by atoms with Crippen LogP contribution in [0, 0.1) is 0 Å². The number of hydrogen-bond donors (Lipinski definition) is 1. The molecule has 1 N–H and O–H groups in total. The van der Waals surface area contributed by atoms with Crippen molar-refractivity contribution >= 4 is 34.8 Å². The summed E-state index contributed by atoms with van der Waals surface area (Å²) in [6.45, 7) is 5.64. The van der Waals surface area contributed by atoms with Crippen LogP contribution in [-0.2, 0) is 0 Å². The summed E-state index contributed by atoms with van der Waals surface area (Å²) >= 11 is 12.3. The molecule has 1 aromatic heterocycles. The zero-order valence-electron chi connectivity index (χ0n) is 18.4. The van der Waals surface area contributed by atoms with Crippen LogP contribution in [0.2, 0.25) is 10.0 Å². The second-order valence-corrected chi connectivity index (χ2v) is 8.96. The minimum absolute atomic E-state index is 0.0435. The Kier molecular flexibility index (Phi) is 8.15. The van der Waals surface area contributed by atoms with Crippen LogP contribution in [0.15, 0.2) is 61.1 Å². The fourth-order valence-electron chi connectivity index (χ4n) is 3.97. The number of halogens is 2. The minimum Gasteiger partial charge on any atom is -0.369 e. The van der Waals surface area contributed by atoms with E-state index in [0.29, 0.717) is 22.2 Å². The number of hydrogen-bond acceptors (Lipinski definition) is 5. The molecule has 4 rings (SSSR count). The molecular weight excluding hydrogens is 457 g/mol. The second-order valence-electron chi connectivity index (χ2n) is 8.09. The maximum Gasteiger partial charge on any atom is 0.251 e. The number of rotatable bonds is 8. The standard InChI is InChI=1S/C25H27Cl2N5O/c26-21-15-22(27)17-23(16-21)32-13-11-31(12-14-32)10-2-1-8-29-25(33)20-5-3-19(4-6-20)24-7-9-28-18-30-24/h3-7,9,15-18H,1-2,8,10-14H2,(H,29,33). The quantitative estimate of drug-likeness (QED) is 0.467. The highest BCUT2D eigenvalue weighted by Gasteiger charge is 2.17. The maximum absolute atomic E-state index is 12.4. The lowest BCUT2D eigenvalue weighted by atomic mass is 10.1. The molecule has 0 spiro atoms. The molecule has 6 nitrogen and oxygen atoms in total. The lowest BCUT2D eigenvalue weighted by Crippen LogP contribution is -2.46. The van der Waals surface area contributed by atoms with Gasteiger partial charge in [-0.15, -0.1) is 0 Å². The van der Waals surface area contributed by atoms with Crippen LogP contribution >= 0.6 is 23.2 Å². The summed E-state index contributed by atoms with van der Waals surface area (Å²) < 4.78 is 0. The van der Waals surface area contributed by atoms with Crippen molar-refractivity contribution in [1.82, 2.24) is 20.2 Å². The molecule has 2 aromatic carbocycles. The molecule has 33 heavy (non-hydrogen) atoms. The van der Waals surface area contributed by atoms with E-state index in [4.69, 9.17) is 23.2 Å². The normalized spacial score (nSPS) is 14.3. The van der Waals surface area contributed by atoms with E-state index < -0.39 is 0 Å². The van der Waals surface area contributed by atoms with Gasteiger partial charge in [-0.1, -0.05) is 35.3 Å². The Balaban J connectivity index is 1.14. The number of amides is 1. The van der Waals surface area contributed by atoms with Gasteiger partial charge in [0.2, 0.25) is 0 Å². The summed E-state index contributed by atoms with van der Waals surface area (Å²) in [5.41, 5.74) is 3.55. The van der Waals surface area contributed by atoms with Gasteiger partial charge in [0.05, 0.1) is 5.69 Å². The van der Waals surface area contributed by atoms with Crippen molar-refractivity contribution in [3.63, 3.8) is 0 Å². The van der Waals surface area contributed by atoms with Crippen molar-refractivity contribution in [3.05, 3.63) is 76.7 Å². The topological polar surface area (TPSA) is 61.4 Å². The van der Waals surface area contributed by atoms with Gasteiger partial charge < -0.3 is 10.2 Å². The summed E-state index contributed by atoms with van der Waals surface area (Å²) in [5.74, 6) is -0.0435. The van der Waals surface area contributed by atoms with Crippen LogP contribution < -0.4 is 10.2 Å². The van der Waals surface area contributed by atoms with Crippen LogP contribution in [-0.4, -0.2) is 60.0 Å². The number of carbonyl (C=O) groups excluding carboxylic acids is 1. The largest absolute Gasteiger partial charge is 0.369 e. The number of piperazine rings is 1. The van der Waals surface area contributed by atoms with Crippen LogP contribution in [0.4, 0.5) is 5.69 Å². The first-order valence-corrected chi connectivity index (χ1v) is 11.9. The average molecular weight is 484 g/mol. The summed E-state index contributed by atoms with van der Waals surface area (Å²) in [6, 6.07) is 15.0. The molecule has 0 saturated carbocycles. The van der Waals surface area contributed by atoms with E-state index in [2.05, 4.69) is 25.1 Å². The fourth-order valence-corrected chi connectivity index (χ4v) is 4.48. The van der Waals surface area contributed by atoms with Crippen molar-refractivity contribution in [1.29, 1.82) is 0 Å². The molecule has 172 valence electrons.